The SMILES string of the molecule is CN(CC(F)(F)F)S(=O)(=O)c1ccc2c(c1)NCC2. The summed E-state index contributed by atoms with van der Waals surface area (Å²) in [6.45, 7) is -0.795. The number of nitrogens with zero attached hydrogens (tertiary/aromatic N) is 1. The third kappa shape index (κ3) is 3.01. The van der Waals surface area contributed by atoms with Gasteiger partial charge in [0, 0.05) is 19.3 Å². The molecule has 0 atom stereocenters. The number of anilines is 1. The number of benzene rings is 1. The van der Waals surface area contributed by atoms with E-state index in [1.165, 1.54) is 12.1 Å². The summed E-state index contributed by atoms with van der Waals surface area (Å²) in [5, 5.41) is 2.99. The molecule has 1 heterocycles. The summed E-state index contributed by atoms with van der Waals surface area (Å²) in [5.41, 5.74) is 1.64. The Kier molecular flexibility index (Phi) is 3.48. The number of fused-ring (bicyclic) bond motifs is 1. The number of rotatable bonds is 3. The fraction of sp³-hybridized carbons (Fsp3) is 0.455. The van der Waals surface area contributed by atoms with E-state index in [0.717, 1.165) is 19.0 Å². The number of halogens is 3. The summed E-state index contributed by atoms with van der Waals surface area (Å²) in [6, 6.07) is 4.35. The van der Waals surface area contributed by atoms with Crippen molar-refractivity contribution < 1.29 is 21.6 Å². The number of hydrogen-bond acceptors (Lipinski definition) is 3. The Labute approximate surface area is 109 Å². The molecule has 0 bridgehead atoms. The van der Waals surface area contributed by atoms with Crippen molar-refractivity contribution in [2.75, 3.05) is 25.5 Å². The van der Waals surface area contributed by atoms with Crippen molar-refractivity contribution in [3.8, 4) is 0 Å². The van der Waals surface area contributed by atoms with Crippen LogP contribution in [0.25, 0.3) is 0 Å². The average molecular weight is 294 g/mol. The van der Waals surface area contributed by atoms with Gasteiger partial charge >= 0.3 is 6.18 Å². The average Bonchev–Trinajstić information content (AvgIpc) is 2.73. The van der Waals surface area contributed by atoms with Gasteiger partial charge in [0.15, 0.2) is 0 Å². The lowest BCUT2D eigenvalue weighted by molar-refractivity contribution is -0.134. The van der Waals surface area contributed by atoms with Gasteiger partial charge in [-0.1, -0.05) is 6.07 Å². The van der Waals surface area contributed by atoms with E-state index in [9.17, 15) is 21.6 Å². The predicted octanol–water partition coefficient (Wildman–Crippen LogP) is 1.84. The monoisotopic (exact) mass is 294 g/mol. The lowest BCUT2D eigenvalue weighted by atomic mass is 10.2. The Morgan fingerprint density at radius 3 is 2.68 bits per heavy atom. The Hall–Kier alpha value is -1.28. The first-order chi connectivity index (χ1) is 8.70. The number of nitrogens with one attached hydrogen (secondary N) is 1. The second-order valence-electron chi connectivity index (χ2n) is 4.37. The Morgan fingerprint density at radius 1 is 1.37 bits per heavy atom. The highest BCUT2D eigenvalue weighted by molar-refractivity contribution is 7.89. The number of hydrogen-bond donors (Lipinski definition) is 1. The standard InChI is InChI=1S/C11H13F3N2O2S/c1-16(7-11(12,13)14)19(17,18)9-3-2-8-4-5-15-10(8)6-9/h2-3,6,15H,4-5,7H2,1H3. The summed E-state index contributed by atoms with van der Waals surface area (Å²) >= 11 is 0. The molecule has 0 aliphatic carbocycles. The minimum absolute atomic E-state index is 0.132. The highest BCUT2D eigenvalue weighted by Gasteiger charge is 2.35. The van der Waals surface area contributed by atoms with Gasteiger partial charge in [-0.05, 0) is 24.1 Å². The molecule has 0 spiro atoms. The van der Waals surface area contributed by atoms with Gasteiger partial charge in [-0.3, -0.25) is 0 Å². The molecule has 19 heavy (non-hydrogen) atoms. The van der Waals surface area contributed by atoms with Gasteiger partial charge in [0.05, 0.1) is 4.90 Å². The van der Waals surface area contributed by atoms with E-state index in [-0.39, 0.29) is 4.90 Å². The van der Waals surface area contributed by atoms with E-state index in [2.05, 4.69) is 5.32 Å². The van der Waals surface area contributed by atoms with Crippen LogP contribution in [0.3, 0.4) is 0 Å². The normalized spacial score (nSPS) is 15.4. The molecule has 1 aliphatic rings. The number of alkyl halides is 3. The van der Waals surface area contributed by atoms with E-state index in [1.54, 1.807) is 6.07 Å². The molecule has 1 N–H and O–H groups in total. The fourth-order valence-corrected chi connectivity index (χ4v) is 3.13. The largest absolute Gasteiger partial charge is 0.402 e. The second kappa shape index (κ2) is 4.68. The van der Waals surface area contributed by atoms with E-state index >= 15 is 0 Å². The highest BCUT2D eigenvalue weighted by atomic mass is 32.2. The van der Waals surface area contributed by atoms with Crippen LogP contribution in [0.15, 0.2) is 23.1 Å². The minimum atomic E-state index is -4.56. The van der Waals surface area contributed by atoms with E-state index in [0.29, 0.717) is 16.5 Å². The molecular formula is C11H13F3N2O2S. The molecule has 0 unspecified atom stereocenters. The van der Waals surface area contributed by atoms with E-state index < -0.39 is 22.7 Å². The third-order valence-electron chi connectivity index (χ3n) is 2.90. The molecule has 0 fully saturated rings. The van der Waals surface area contributed by atoms with Crippen molar-refractivity contribution in [3.05, 3.63) is 23.8 Å². The van der Waals surface area contributed by atoms with Crippen LogP contribution in [0.1, 0.15) is 5.56 Å². The van der Waals surface area contributed by atoms with Gasteiger partial charge in [0.2, 0.25) is 10.0 Å². The van der Waals surface area contributed by atoms with Gasteiger partial charge in [-0.25, -0.2) is 8.42 Å². The molecule has 2 rings (SSSR count). The van der Waals surface area contributed by atoms with Crippen molar-refractivity contribution in [3.63, 3.8) is 0 Å². The first-order valence-corrected chi connectivity index (χ1v) is 7.04. The van der Waals surface area contributed by atoms with Crippen LogP contribution in [0, 0.1) is 0 Å². The highest BCUT2D eigenvalue weighted by Crippen LogP contribution is 2.27. The van der Waals surface area contributed by atoms with Crippen LogP contribution >= 0.6 is 0 Å². The van der Waals surface area contributed by atoms with Crippen LogP contribution in [-0.4, -0.2) is 39.0 Å². The summed E-state index contributed by atoms with van der Waals surface area (Å²) < 4.78 is 61.1. The van der Waals surface area contributed by atoms with Gasteiger partial charge in [0.1, 0.15) is 6.54 Å². The fourth-order valence-electron chi connectivity index (χ4n) is 1.95. The zero-order valence-electron chi connectivity index (χ0n) is 10.2. The maximum absolute atomic E-state index is 12.3. The van der Waals surface area contributed by atoms with Crippen LogP contribution in [0.4, 0.5) is 18.9 Å². The van der Waals surface area contributed by atoms with Crippen LogP contribution in [0.5, 0.6) is 0 Å². The molecule has 1 aromatic carbocycles. The molecule has 4 nitrogen and oxygen atoms in total. The molecule has 0 saturated heterocycles. The topological polar surface area (TPSA) is 49.4 Å². The first kappa shape index (κ1) is 14.1. The molecule has 0 radical (unpaired) electrons. The van der Waals surface area contributed by atoms with Crippen molar-refractivity contribution in [2.24, 2.45) is 0 Å². The van der Waals surface area contributed by atoms with Gasteiger partial charge in [-0.15, -0.1) is 0 Å². The molecule has 1 aromatic rings. The van der Waals surface area contributed by atoms with Crippen molar-refractivity contribution in [1.82, 2.24) is 4.31 Å². The first-order valence-electron chi connectivity index (χ1n) is 5.60. The van der Waals surface area contributed by atoms with Crippen LogP contribution in [0.2, 0.25) is 0 Å². The van der Waals surface area contributed by atoms with Gasteiger partial charge < -0.3 is 5.32 Å². The smallest absolute Gasteiger partial charge is 0.384 e. The minimum Gasteiger partial charge on any atom is -0.384 e. The summed E-state index contributed by atoms with van der Waals surface area (Å²) in [7, 11) is -3.20. The predicted molar refractivity (Wildman–Crippen MR) is 64.5 cm³/mol. The number of sulfonamides is 1. The Bertz CT molecular complexity index is 584. The maximum atomic E-state index is 12.3. The third-order valence-corrected chi connectivity index (χ3v) is 4.70. The molecule has 0 aromatic heterocycles. The molecule has 0 saturated carbocycles. The maximum Gasteiger partial charge on any atom is 0.402 e. The Balaban J connectivity index is 2.29. The van der Waals surface area contributed by atoms with Crippen molar-refractivity contribution in [1.29, 1.82) is 0 Å². The van der Waals surface area contributed by atoms with Crippen LogP contribution < -0.4 is 5.32 Å². The zero-order chi connectivity index (χ0) is 14.3. The van der Waals surface area contributed by atoms with Crippen molar-refractivity contribution in [2.45, 2.75) is 17.5 Å². The Morgan fingerprint density at radius 2 is 2.05 bits per heavy atom. The summed E-state index contributed by atoms with van der Waals surface area (Å²) in [6.07, 6.45) is -3.77. The van der Waals surface area contributed by atoms with Gasteiger partial charge in [-0.2, -0.15) is 17.5 Å². The van der Waals surface area contributed by atoms with Gasteiger partial charge in [0.25, 0.3) is 0 Å². The van der Waals surface area contributed by atoms with E-state index in [4.69, 9.17) is 0 Å². The molecule has 0 amide bonds. The van der Waals surface area contributed by atoms with Crippen molar-refractivity contribution >= 4 is 15.7 Å². The molecule has 106 valence electrons. The quantitative estimate of drug-likeness (QED) is 0.925. The summed E-state index contributed by atoms with van der Waals surface area (Å²) in [4.78, 5) is -0.132. The molecular weight excluding hydrogens is 281 g/mol. The molecule has 1 aliphatic heterocycles. The second-order valence-corrected chi connectivity index (χ2v) is 6.42. The summed E-state index contributed by atoms with van der Waals surface area (Å²) in [5.74, 6) is 0. The van der Waals surface area contributed by atoms with Crippen LogP contribution in [-0.2, 0) is 16.4 Å². The lowest BCUT2D eigenvalue weighted by Gasteiger charge is -2.19. The molecule has 8 heteroatoms. The zero-order valence-corrected chi connectivity index (χ0v) is 11.0. The lowest BCUT2D eigenvalue weighted by Crippen LogP contribution is -2.35. The van der Waals surface area contributed by atoms with E-state index in [1.807, 2.05) is 0 Å².